The van der Waals surface area contributed by atoms with Crippen molar-refractivity contribution in [2.45, 2.75) is 25.4 Å². The molecule has 18 heavy (non-hydrogen) atoms. The SMILES string of the molecule is NS(=O)(=O)N1CCN(C(=O)CC2CCCO2)CC1. The van der Waals surface area contributed by atoms with E-state index in [9.17, 15) is 13.2 Å². The summed E-state index contributed by atoms with van der Waals surface area (Å²) >= 11 is 0. The highest BCUT2D eigenvalue weighted by molar-refractivity contribution is 7.86. The molecule has 1 atom stereocenters. The standard InChI is InChI=1S/C10H19N3O4S/c11-18(15,16)13-5-3-12(4-6-13)10(14)8-9-2-1-7-17-9/h9H,1-8H2,(H2,11,15,16). The molecule has 2 aliphatic rings. The molecule has 2 aliphatic heterocycles. The van der Waals surface area contributed by atoms with E-state index < -0.39 is 10.2 Å². The molecule has 8 heteroatoms. The molecule has 1 amide bonds. The zero-order valence-electron chi connectivity index (χ0n) is 10.2. The Morgan fingerprint density at radius 1 is 1.28 bits per heavy atom. The minimum atomic E-state index is -3.63. The monoisotopic (exact) mass is 277 g/mol. The van der Waals surface area contributed by atoms with Gasteiger partial charge in [0.15, 0.2) is 0 Å². The fraction of sp³-hybridized carbons (Fsp3) is 0.900. The van der Waals surface area contributed by atoms with Crippen LogP contribution in [0.3, 0.4) is 0 Å². The van der Waals surface area contributed by atoms with Crippen LogP contribution in [0.5, 0.6) is 0 Å². The minimum Gasteiger partial charge on any atom is -0.378 e. The molecule has 0 spiro atoms. The maximum atomic E-state index is 12.0. The van der Waals surface area contributed by atoms with Gasteiger partial charge in [0.25, 0.3) is 10.2 Å². The van der Waals surface area contributed by atoms with E-state index >= 15 is 0 Å². The van der Waals surface area contributed by atoms with Gasteiger partial charge in [-0.15, -0.1) is 0 Å². The molecule has 0 aliphatic carbocycles. The van der Waals surface area contributed by atoms with Crippen LogP contribution in [0.4, 0.5) is 0 Å². The van der Waals surface area contributed by atoms with Crippen LogP contribution in [-0.4, -0.2) is 62.4 Å². The minimum absolute atomic E-state index is 0.0359. The molecule has 7 nitrogen and oxygen atoms in total. The maximum Gasteiger partial charge on any atom is 0.277 e. The molecule has 2 fully saturated rings. The normalized spacial score (nSPS) is 26.5. The quantitative estimate of drug-likeness (QED) is 0.709. The van der Waals surface area contributed by atoms with Crippen molar-refractivity contribution in [3.8, 4) is 0 Å². The Bertz CT molecular complexity index is 397. The number of hydrogen-bond acceptors (Lipinski definition) is 4. The third kappa shape index (κ3) is 3.41. The molecule has 2 heterocycles. The largest absolute Gasteiger partial charge is 0.378 e. The van der Waals surface area contributed by atoms with Gasteiger partial charge < -0.3 is 9.64 Å². The molecular weight excluding hydrogens is 258 g/mol. The predicted molar refractivity (Wildman–Crippen MR) is 64.9 cm³/mol. The lowest BCUT2D eigenvalue weighted by Gasteiger charge is -2.33. The van der Waals surface area contributed by atoms with E-state index in [1.165, 1.54) is 4.31 Å². The highest BCUT2D eigenvalue weighted by Gasteiger charge is 2.28. The second-order valence-corrected chi connectivity index (χ2v) is 6.21. The molecule has 0 bridgehead atoms. The third-order valence-electron chi connectivity index (χ3n) is 3.38. The van der Waals surface area contributed by atoms with Crippen molar-refractivity contribution >= 4 is 16.1 Å². The summed E-state index contributed by atoms with van der Waals surface area (Å²) in [6.07, 6.45) is 2.38. The molecule has 0 aromatic rings. The summed E-state index contributed by atoms with van der Waals surface area (Å²) in [7, 11) is -3.63. The Hall–Kier alpha value is -0.700. The van der Waals surface area contributed by atoms with E-state index in [2.05, 4.69) is 0 Å². The van der Waals surface area contributed by atoms with E-state index in [-0.39, 0.29) is 25.1 Å². The maximum absolute atomic E-state index is 12.0. The van der Waals surface area contributed by atoms with Crippen molar-refractivity contribution in [1.29, 1.82) is 0 Å². The Kier molecular flexibility index (Phi) is 4.21. The number of piperazine rings is 1. The van der Waals surface area contributed by atoms with Gasteiger partial charge in [-0.25, -0.2) is 5.14 Å². The molecule has 0 aromatic heterocycles. The molecule has 104 valence electrons. The average molecular weight is 277 g/mol. The molecule has 2 saturated heterocycles. The average Bonchev–Trinajstić information content (AvgIpc) is 2.81. The Morgan fingerprint density at radius 2 is 1.94 bits per heavy atom. The van der Waals surface area contributed by atoms with E-state index in [1.54, 1.807) is 4.90 Å². The van der Waals surface area contributed by atoms with Crippen LogP contribution in [-0.2, 0) is 19.7 Å². The van der Waals surface area contributed by atoms with Gasteiger partial charge in [-0.05, 0) is 12.8 Å². The van der Waals surface area contributed by atoms with Gasteiger partial charge in [0, 0.05) is 32.8 Å². The number of carbonyl (C=O) groups excluding carboxylic acids is 1. The van der Waals surface area contributed by atoms with E-state index in [4.69, 9.17) is 9.88 Å². The van der Waals surface area contributed by atoms with Crippen LogP contribution >= 0.6 is 0 Å². The fourth-order valence-electron chi connectivity index (χ4n) is 2.32. The fourth-order valence-corrected chi connectivity index (χ4v) is 2.99. The van der Waals surface area contributed by atoms with Crippen LogP contribution in [0.25, 0.3) is 0 Å². The van der Waals surface area contributed by atoms with E-state index in [0.29, 0.717) is 19.5 Å². The first-order chi connectivity index (χ1) is 8.47. The smallest absolute Gasteiger partial charge is 0.277 e. The summed E-state index contributed by atoms with van der Waals surface area (Å²) < 4.78 is 28.9. The second kappa shape index (κ2) is 5.52. The van der Waals surface area contributed by atoms with Gasteiger partial charge in [-0.1, -0.05) is 0 Å². The third-order valence-corrected chi connectivity index (χ3v) is 4.46. The highest BCUT2D eigenvalue weighted by Crippen LogP contribution is 2.17. The van der Waals surface area contributed by atoms with Crippen molar-refractivity contribution in [3.63, 3.8) is 0 Å². The van der Waals surface area contributed by atoms with Gasteiger partial charge in [-0.3, -0.25) is 4.79 Å². The van der Waals surface area contributed by atoms with Crippen molar-refractivity contribution in [1.82, 2.24) is 9.21 Å². The number of ether oxygens (including phenoxy) is 1. The zero-order valence-corrected chi connectivity index (χ0v) is 11.1. The first-order valence-electron chi connectivity index (χ1n) is 6.14. The highest BCUT2D eigenvalue weighted by atomic mass is 32.2. The molecule has 0 saturated carbocycles. The van der Waals surface area contributed by atoms with Crippen LogP contribution in [0, 0.1) is 0 Å². The van der Waals surface area contributed by atoms with E-state index in [0.717, 1.165) is 19.4 Å². The lowest BCUT2D eigenvalue weighted by molar-refractivity contribution is -0.134. The van der Waals surface area contributed by atoms with Gasteiger partial charge >= 0.3 is 0 Å². The summed E-state index contributed by atoms with van der Waals surface area (Å²) in [5.41, 5.74) is 0. The Balaban J connectivity index is 1.80. The summed E-state index contributed by atoms with van der Waals surface area (Å²) in [4.78, 5) is 13.6. The van der Waals surface area contributed by atoms with Crippen LogP contribution in [0.2, 0.25) is 0 Å². The predicted octanol–water partition coefficient (Wildman–Crippen LogP) is -1.10. The van der Waals surface area contributed by atoms with Crippen molar-refractivity contribution in [2.24, 2.45) is 5.14 Å². The zero-order chi connectivity index (χ0) is 13.2. The van der Waals surface area contributed by atoms with Gasteiger partial charge in [0.1, 0.15) is 0 Å². The topological polar surface area (TPSA) is 92.9 Å². The number of nitrogens with two attached hydrogens (primary N) is 1. The molecule has 0 aromatic carbocycles. The molecule has 1 unspecified atom stereocenters. The second-order valence-electron chi connectivity index (χ2n) is 4.66. The summed E-state index contributed by atoms with van der Waals surface area (Å²) in [5.74, 6) is 0.0379. The molecule has 2 N–H and O–H groups in total. The summed E-state index contributed by atoms with van der Waals surface area (Å²) in [5, 5.41) is 5.04. The number of amides is 1. The van der Waals surface area contributed by atoms with Crippen LogP contribution < -0.4 is 5.14 Å². The van der Waals surface area contributed by atoms with Crippen molar-refractivity contribution in [3.05, 3.63) is 0 Å². The summed E-state index contributed by atoms with van der Waals surface area (Å²) in [6, 6.07) is 0. The Labute approximate surface area is 107 Å². The molecular formula is C10H19N3O4S. The number of nitrogens with zero attached hydrogens (tertiary/aromatic N) is 2. The van der Waals surface area contributed by atoms with Gasteiger partial charge in [0.2, 0.25) is 5.91 Å². The first-order valence-corrected chi connectivity index (χ1v) is 7.64. The van der Waals surface area contributed by atoms with E-state index in [1.807, 2.05) is 0 Å². The Morgan fingerprint density at radius 3 is 2.44 bits per heavy atom. The number of carbonyl (C=O) groups is 1. The van der Waals surface area contributed by atoms with Crippen molar-refractivity contribution in [2.75, 3.05) is 32.8 Å². The molecule has 0 radical (unpaired) electrons. The van der Waals surface area contributed by atoms with Crippen LogP contribution in [0.15, 0.2) is 0 Å². The van der Waals surface area contributed by atoms with Crippen LogP contribution in [0.1, 0.15) is 19.3 Å². The molecule has 2 rings (SSSR count). The summed E-state index contributed by atoms with van der Waals surface area (Å²) in [6.45, 7) is 2.09. The van der Waals surface area contributed by atoms with Gasteiger partial charge in [0.05, 0.1) is 12.5 Å². The van der Waals surface area contributed by atoms with Gasteiger partial charge in [-0.2, -0.15) is 12.7 Å². The number of rotatable bonds is 3. The first kappa shape index (κ1) is 13.7. The number of hydrogen-bond donors (Lipinski definition) is 1. The lowest BCUT2D eigenvalue weighted by Crippen LogP contribution is -2.52. The van der Waals surface area contributed by atoms with Crippen molar-refractivity contribution < 1.29 is 17.9 Å². The lowest BCUT2D eigenvalue weighted by atomic mass is 10.1.